The summed E-state index contributed by atoms with van der Waals surface area (Å²) in [4.78, 5) is 14.4. The van der Waals surface area contributed by atoms with E-state index in [1.54, 1.807) is 0 Å². The van der Waals surface area contributed by atoms with Gasteiger partial charge in [-0.3, -0.25) is 0 Å². The van der Waals surface area contributed by atoms with Gasteiger partial charge in [-0.2, -0.15) is 0 Å². The summed E-state index contributed by atoms with van der Waals surface area (Å²) in [5, 5.41) is 17.0. The van der Waals surface area contributed by atoms with Crippen molar-refractivity contribution in [1.82, 2.24) is 0 Å². The quantitative estimate of drug-likeness (QED) is 0.546. The predicted octanol–water partition coefficient (Wildman–Crippen LogP) is 1.25. The maximum Gasteiger partial charge on any atom is 0.335 e. The van der Waals surface area contributed by atoms with Gasteiger partial charge >= 0.3 is 5.97 Å². The van der Waals surface area contributed by atoms with Crippen LogP contribution in [-0.2, 0) is 0 Å². The van der Waals surface area contributed by atoms with Gasteiger partial charge in [0.25, 0.3) is 0 Å². The Labute approximate surface area is 74.1 Å². The van der Waals surface area contributed by atoms with Crippen LogP contribution in [0, 0.1) is 0 Å². The second kappa shape index (κ2) is 3.77. The monoisotopic (exact) mass is 184 g/mol. The molecule has 0 fully saturated rings. The van der Waals surface area contributed by atoms with E-state index in [4.69, 9.17) is 15.1 Å². The largest absolute Gasteiger partial charge is 0.493 e. The Hall–Kier alpha value is -1.75. The highest BCUT2D eigenvalue weighted by Crippen LogP contribution is 2.27. The minimum absolute atomic E-state index is 0.0184. The molecule has 0 aliphatic heterocycles. The highest BCUT2D eigenvalue weighted by Gasteiger charge is 2.09. The maximum atomic E-state index is 10.5. The van der Waals surface area contributed by atoms with Gasteiger partial charge in [0.1, 0.15) is 0 Å². The van der Waals surface area contributed by atoms with Crippen molar-refractivity contribution < 1.29 is 24.8 Å². The predicted molar refractivity (Wildman–Crippen MR) is 43.2 cm³/mol. The molecule has 70 valence electrons. The van der Waals surface area contributed by atoms with Gasteiger partial charge in [-0.15, -0.1) is 0 Å². The van der Waals surface area contributed by atoms with Crippen molar-refractivity contribution in [2.75, 3.05) is 7.11 Å². The fraction of sp³-hybridized carbons (Fsp3) is 0.125. The molecule has 0 aromatic heterocycles. The molecule has 13 heavy (non-hydrogen) atoms. The van der Waals surface area contributed by atoms with Crippen LogP contribution in [0.2, 0.25) is 0 Å². The fourth-order valence-electron chi connectivity index (χ4n) is 0.881. The summed E-state index contributed by atoms with van der Waals surface area (Å²) in [6.45, 7) is 0. The molecule has 0 amide bonds. The molecule has 2 N–H and O–H groups in total. The zero-order chi connectivity index (χ0) is 9.84. The van der Waals surface area contributed by atoms with Crippen LogP contribution < -0.4 is 9.62 Å². The fourth-order valence-corrected chi connectivity index (χ4v) is 0.881. The number of carboxylic acid groups (broad SMARTS) is 1. The number of ether oxygens (including phenoxy) is 1. The molecule has 0 aliphatic rings. The summed E-state index contributed by atoms with van der Waals surface area (Å²) in [5.41, 5.74) is 0.0184. The van der Waals surface area contributed by atoms with E-state index < -0.39 is 5.97 Å². The number of rotatable bonds is 3. The summed E-state index contributed by atoms with van der Waals surface area (Å²) in [7, 11) is 1.39. The van der Waals surface area contributed by atoms with Crippen molar-refractivity contribution in [2.24, 2.45) is 0 Å². The molecule has 1 aromatic carbocycles. The molecule has 1 aromatic rings. The molecule has 0 saturated heterocycles. The third-order valence-corrected chi connectivity index (χ3v) is 1.51. The molecular weight excluding hydrogens is 176 g/mol. The first-order valence-electron chi connectivity index (χ1n) is 3.41. The van der Waals surface area contributed by atoms with Gasteiger partial charge in [-0.25, -0.2) is 10.1 Å². The van der Waals surface area contributed by atoms with E-state index in [1.165, 1.54) is 25.3 Å². The molecule has 0 atom stereocenters. The van der Waals surface area contributed by atoms with Crippen LogP contribution >= 0.6 is 0 Å². The lowest BCUT2D eigenvalue weighted by molar-refractivity contribution is -0.139. The van der Waals surface area contributed by atoms with Gasteiger partial charge < -0.3 is 14.7 Å². The molecule has 1 rings (SSSR count). The van der Waals surface area contributed by atoms with Crippen molar-refractivity contribution >= 4 is 5.97 Å². The second-order valence-corrected chi connectivity index (χ2v) is 2.26. The van der Waals surface area contributed by atoms with Crippen LogP contribution in [0.1, 0.15) is 10.4 Å². The van der Waals surface area contributed by atoms with Crippen molar-refractivity contribution in [3.8, 4) is 11.5 Å². The van der Waals surface area contributed by atoms with Crippen LogP contribution in [0.25, 0.3) is 0 Å². The van der Waals surface area contributed by atoms with Gasteiger partial charge in [-0.05, 0) is 12.1 Å². The molecule has 0 spiro atoms. The van der Waals surface area contributed by atoms with Crippen LogP contribution in [0.4, 0.5) is 0 Å². The number of hydrogen-bond acceptors (Lipinski definition) is 4. The molecule has 0 radical (unpaired) electrons. The second-order valence-electron chi connectivity index (χ2n) is 2.26. The van der Waals surface area contributed by atoms with Gasteiger partial charge in [0.2, 0.25) is 5.75 Å². The summed E-state index contributed by atoms with van der Waals surface area (Å²) in [6, 6.07) is 3.92. The van der Waals surface area contributed by atoms with Gasteiger partial charge in [0, 0.05) is 6.07 Å². The summed E-state index contributed by atoms with van der Waals surface area (Å²) < 4.78 is 4.79. The molecule has 5 heteroatoms. The number of carbonyl (C=O) groups is 1. The third kappa shape index (κ3) is 1.88. The first-order chi connectivity index (χ1) is 6.19. The first-order valence-corrected chi connectivity index (χ1v) is 3.41. The van der Waals surface area contributed by atoms with Crippen LogP contribution in [0.3, 0.4) is 0 Å². The number of benzene rings is 1. The highest BCUT2D eigenvalue weighted by molar-refractivity contribution is 5.88. The van der Waals surface area contributed by atoms with E-state index in [9.17, 15) is 4.79 Å². The lowest BCUT2D eigenvalue weighted by Gasteiger charge is -2.05. The number of carboxylic acids is 1. The summed E-state index contributed by atoms with van der Waals surface area (Å²) in [5.74, 6) is -0.851. The van der Waals surface area contributed by atoms with E-state index in [1.807, 2.05) is 0 Å². The molecular formula is C8H8O5. The molecule has 0 bridgehead atoms. The average molecular weight is 184 g/mol. The zero-order valence-corrected chi connectivity index (χ0v) is 6.85. The Morgan fingerprint density at radius 2 is 2.08 bits per heavy atom. The molecule has 0 heterocycles. The van der Waals surface area contributed by atoms with Gasteiger partial charge in [0.05, 0.1) is 12.7 Å². The van der Waals surface area contributed by atoms with Crippen LogP contribution in [0.5, 0.6) is 11.5 Å². The Morgan fingerprint density at radius 1 is 1.38 bits per heavy atom. The number of methoxy groups -OCH3 is 1. The van der Waals surface area contributed by atoms with Crippen molar-refractivity contribution in [3.63, 3.8) is 0 Å². The van der Waals surface area contributed by atoms with E-state index in [2.05, 4.69) is 4.89 Å². The minimum Gasteiger partial charge on any atom is -0.493 e. The van der Waals surface area contributed by atoms with Crippen LogP contribution in [0.15, 0.2) is 18.2 Å². The normalized spacial score (nSPS) is 9.38. The Bertz CT molecular complexity index is 320. The molecule has 5 nitrogen and oxygen atoms in total. The standard InChI is InChI=1S/C8H8O5/c1-12-6-3-2-5(8(9)10)4-7(6)13-11/h2-4,11H,1H3,(H,9,10). The van der Waals surface area contributed by atoms with Crippen LogP contribution in [-0.4, -0.2) is 23.4 Å². The lowest BCUT2D eigenvalue weighted by atomic mass is 10.2. The van der Waals surface area contributed by atoms with E-state index in [-0.39, 0.29) is 17.1 Å². The molecule has 0 aliphatic carbocycles. The topological polar surface area (TPSA) is 76.0 Å². The number of aromatic carboxylic acids is 1. The summed E-state index contributed by atoms with van der Waals surface area (Å²) >= 11 is 0. The Balaban J connectivity index is 3.13. The summed E-state index contributed by atoms with van der Waals surface area (Å²) in [6.07, 6.45) is 0. The Morgan fingerprint density at radius 3 is 2.54 bits per heavy atom. The van der Waals surface area contributed by atoms with Gasteiger partial charge in [-0.1, -0.05) is 0 Å². The number of hydrogen-bond donors (Lipinski definition) is 2. The third-order valence-electron chi connectivity index (χ3n) is 1.51. The van der Waals surface area contributed by atoms with E-state index in [0.717, 1.165) is 0 Å². The van der Waals surface area contributed by atoms with Crippen molar-refractivity contribution in [3.05, 3.63) is 23.8 Å². The lowest BCUT2D eigenvalue weighted by Crippen LogP contribution is -1.98. The van der Waals surface area contributed by atoms with E-state index in [0.29, 0.717) is 0 Å². The molecule has 0 unspecified atom stereocenters. The van der Waals surface area contributed by atoms with E-state index >= 15 is 0 Å². The maximum absolute atomic E-state index is 10.5. The SMILES string of the molecule is COc1ccc(C(=O)O)cc1OO. The van der Waals surface area contributed by atoms with Crippen molar-refractivity contribution in [1.29, 1.82) is 0 Å². The average Bonchev–Trinajstić information content (AvgIpc) is 2.16. The molecule has 0 saturated carbocycles. The Kier molecular flexibility index (Phi) is 2.71. The smallest absolute Gasteiger partial charge is 0.335 e. The minimum atomic E-state index is -1.10. The first kappa shape index (κ1) is 9.34. The van der Waals surface area contributed by atoms with Gasteiger partial charge in [0.15, 0.2) is 5.75 Å². The highest BCUT2D eigenvalue weighted by atomic mass is 17.1. The zero-order valence-electron chi connectivity index (χ0n) is 6.85. The van der Waals surface area contributed by atoms with Crippen molar-refractivity contribution in [2.45, 2.75) is 0 Å².